The number of β-lactam (4-membered cyclic amide) rings is 1. The van der Waals surface area contributed by atoms with Gasteiger partial charge in [0.25, 0.3) is 11.6 Å². The number of aromatic nitrogens is 4. The molecule has 3 rings (SSSR count). The number of ether oxygens (including phenoxy) is 2. The molecule has 3 heterocycles. The first kappa shape index (κ1) is 19.8. The molecule has 0 aliphatic carbocycles. The SMILES string of the molecule is COC1(NC(=O)Cn2cnnn2)C(=O)N2C(C(=O)O)=C(COC(C)=O)CS[C@H]21. The van der Waals surface area contributed by atoms with Crippen molar-refractivity contribution in [2.75, 3.05) is 19.5 Å². The van der Waals surface area contributed by atoms with Gasteiger partial charge in [-0.15, -0.1) is 16.9 Å². The number of rotatable bonds is 7. The van der Waals surface area contributed by atoms with Gasteiger partial charge in [0.1, 0.15) is 30.5 Å². The minimum absolute atomic E-state index is 0.178. The molecule has 0 radical (unpaired) electrons. The average Bonchev–Trinajstić information content (AvgIpc) is 3.15. The van der Waals surface area contributed by atoms with Crippen LogP contribution >= 0.6 is 11.8 Å². The van der Waals surface area contributed by atoms with Crippen molar-refractivity contribution >= 4 is 35.5 Å². The van der Waals surface area contributed by atoms with Gasteiger partial charge in [0.05, 0.1) is 0 Å². The summed E-state index contributed by atoms with van der Waals surface area (Å²) in [5, 5.41) is 21.6. The maximum absolute atomic E-state index is 12.8. The number of carbonyl (C=O) groups is 4. The Bertz CT molecular complexity index is 856. The van der Waals surface area contributed by atoms with Crippen molar-refractivity contribution in [3.63, 3.8) is 0 Å². The molecule has 2 atom stereocenters. The number of thioether (sulfide) groups is 1. The highest BCUT2D eigenvalue weighted by Gasteiger charge is 2.66. The second-order valence-corrected chi connectivity index (χ2v) is 6.94. The summed E-state index contributed by atoms with van der Waals surface area (Å²) < 4.78 is 11.3. The van der Waals surface area contributed by atoms with E-state index in [0.717, 1.165) is 9.58 Å². The number of esters is 1. The smallest absolute Gasteiger partial charge is 0.352 e. The molecule has 0 bridgehead atoms. The first-order valence-electron chi connectivity index (χ1n) is 7.91. The third kappa shape index (κ3) is 3.31. The maximum Gasteiger partial charge on any atom is 0.352 e. The van der Waals surface area contributed by atoms with E-state index < -0.39 is 34.9 Å². The summed E-state index contributed by atoms with van der Waals surface area (Å²) in [5.74, 6) is -3.06. The molecule has 0 saturated carbocycles. The van der Waals surface area contributed by atoms with E-state index in [9.17, 15) is 24.3 Å². The van der Waals surface area contributed by atoms with Crippen LogP contribution in [0.3, 0.4) is 0 Å². The number of tetrazole rings is 1. The molecule has 150 valence electrons. The standard InChI is InChI=1S/C14H16N6O7S/c1-7(21)27-4-8-5-28-13-14(26-2,12(25)20(13)10(8)11(23)24)16-9(22)3-19-6-15-17-18-19/h6,13H,3-5H2,1-2H3,(H,16,22)(H,23,24)/t13-,14?/m0/s1. The van der Waals surface area contributed by atoms with Gasteiger partial charge in [-0.05, 0) is 10.4 Å². The normalized spacial score (nSPS) is 23.7. The minimum atomic E-state index is -1.72. The quantitative estimate of drug-likeness (QED) is 0.287. The molecule has 13 nitrogen and oxygen atoms in total. The molecule has 2 amide bonds. The second kappa shape index (κ2) is 7.55. The molecule has 0 aromatic carbocycles. The number of carboxylic acid groups (broad SMARTS) is 1. The number of carboxylic acids is 1. The monoisotopic (exact) mass is 412 g/mol. The number of aliphatic carboxylic acids is 1. The number of hydrogen-bond acceptors (Lipinski definition) is 10. The number of hydrogen-bond donors (Lipinski definition) is 2. The predicted molar refractivity (Wildman–Crippen MR) is 90.1 cm³/mol. The van der Waals surface area contributed by atoms with Gasteiger partial charge in [0.2, 0.25) is 5.91 Å². The number of amides is 2. The average molecular weight is 412 g/mol. The van der Waals surface area contributed by atoms with Gasteiger partial charge in [-0.2, -0.15) is 0 Å². The largest absolute Gasteiger partial charge is 0.477 e. The van der Waals surface area contributed by atoms with Crippen molar-refractivity contribution in [2.24, 2.45) is 0 Å². The topological polar surface area (TPSA) is 166 Å². The van der Waals surface area contributed by atoms with E-state index >= 15 is 0 Å². The fourth-order valence-electron chi connectivity index (χ4n) is 2.89. The van der Waals surface area contributed by atoms with E-state index in [4.69, 9.17) is 9.47 Å². The molecule has 28 heavy (non-hydrogen) atoms. The fraction of sp³-hybridized carbons (Fsp3) is 0.500. The lowest BCUT2D eigenvalue weighted by Crippen LogP contribution is -2.80. The van der Waals surface area contributed by atoms with Crippen LogP contribution in [0, 0.1) is 0 Å². The Morgan fingerprint density at radius 1 is 1.46 bits per heavy atom. The van der Waals surface area contributed by atoms with E-state index in [-0.39, 0.29) is 30.2 Å². The van der Waals surface area contributed by atoms with E-state index in [0.29, 0.717) is 0 Å². The van der Waals surface area contributed by atoms with Gasteiger partial charge in [0.15, 0.2) is 0 Å². The summed E-state index contributed by atoms with van der Waals surface area (Å²) in [6.07, 6.45) is 1.23. The van der Waals surface area contributed by atoms with Crippen LogP contribution in [0.4, 0.5) is 0 Å². The van der Waals surface area contributed by atoms with Crippen LogP contribution in [-0.4, -0.2) is 84.5 Å². The highest BCUT2D eigenvalue weighted by atomic mass is 32.2. The molecular formula is C14H16N6O7S. The first-order chi connectivity index (χ1) is 13.3. The van der Waals surface area contributed by atoms with Crippen LogP contribution in [0.5, 0.6) is 0 Å². The highest BCUT2D eigenvalue weighted by Crippen LogP contribution is 2.46. The van der Waals surface area contributed by atoms with E-state index in [2.05, 4.69) is 20.8 Å². The number of carbonyl (C=O) groups excluding carboxylic acids is 3. The molecular weight excluding hydrogens is 396 g/mol. The minimum Gasteiger partial charge on any atom is -0.477 e. The van der Waals surface area contributed by atoms with Gasteiger partial charge in [-0.3, -0.25) is 19.3 Å². The summed E-state index contributed by atoms with van der Waals surface area (Å²) >= 11 is 1.18. The molecule has 1 aromatic rings. The van der Waals surface area contributed by atoms with Crippen molar-refractivity contribution < 1.29 is 33.8 Å². The lowest BCUT2D eigenvalue weighted by Gasteiger charge is -2.55. The molecule has 1 unspecified atom stereocenters. The van der Waals surface area contributed by atoms with Crippen LogP contribution in [-0.2, 0) is 35.2 Å². The number of fused-ring (bicyclic) bond motifs is 1. The third-order valence-electron chi connectivity index (χ3n) is 4.11. The van der Waals surface area contributed by atoms with Gasteiger partial charge in [0, 0.05) is 25.4 Å². The summed E-state index contributed by atoms with van der Waals surface area (Å²) in [4.78, 5) is 48.9. The lowest BCUT2D eigenvalue weighted by molar-refractivity contribution is -0.192. The molecule has 2 N–H and O–H groups in total. The number of nitrogens with zero attached hydrogens (tertiary/aromatic N) is 5. The van der Waals surface area contributed by atoms with E-state index in [1.165, 1.54) is 32.1 Å². The van der Waals surface area contributed by atoms with E-state index in [1.54, 1.807) is 0 Å². The van der Waals surface area contributed by atoms with Crippen LogP contribution in [0.25, 0.3) is 0 Å². The molecule has 14 heteroatoms. The Hall–Kier alpha value is -3.00. The van der Waals surface area contributed by atoms with Crippen LogP contribution < -0.4 is 5.32 Å². The summed E-state index contributed by atoms with van der Waals surface area (Å²) in [6.45, 7) is 0.707. The predicted octanol–water partition coefficient (Wildman–Crippen LogP) is -2.05. The fourth-order valence-corrected chi connectivity index (χ4v) is 4.31. The van der Waals surface area contributed by atoms with Crippen LogP contribution in [0.15, 0.2) is 17.6 Å². The summed E-state index contributed by atoms with van der Waals surface area (Å²) in [7, 11) is 1.24. The Morgan fingerprint density at radius 3 is 2.79 bits per heavy atom. The highest BCUT2D eigenvalue weighted by molar-refractivity contribution is 8.00. The zero-order chi connectivity index (χ0) is 20.5. The lowest BCUT2D eigenvalue weighted by atomic mass is 9.98. The van der Waals surface area contributed by atoms with Crippen molar-refractivity contribution in [1.82, 2.24) is 30.4 Å². The third-order valence-corrected chi connectivity index (χ3v) is 5.48. The Morgan fingerprint density at radius 2 is 2.21 bits per heavy atom. The Labute approximate surface area is 162 Å². The van der Waals surface area contributed by atoms with Gasteiger partial charge < -0.3 is 19.9 Å². The van der Waals surface area contributed by atoms with Crippen molar-refractivity contribution in [3.05, 3.63) is 17.6 Å². The van der Waals surface area contributed by atoms with Gasteiger partial charge in [-0.25, -0.2) is 9.48 Å². The second-order valence-electron chi connectivity index (χ2n) is 5.87. The van der Waals surface area contributed by atoms with Crippen LogP contribution in [0.2, 0.25) is 0 Å². The molecule has 1 fully saturated rings. The molecule has 0 spiro atoms. The Balaban J connectivity index is 1.81. The molecule has 1 aromatic heterocycles. The maximum atomic E-state index is 12.8. The number of nitrogens with one attached hydrogen (secondary N) is 1. The Kier molecular flexibility index (Phi) is 5.33. The number of methoxy groups -OCH3 is 1. The van der Waals surface area contributed by atoms with Crippen molar-refractivity contribution in [1.29, 1.82) is 0 Å². The summed E-state index contributed by atoms with van der Waals surface area (Å²) in [6, 6.07) is 0. The summed E-state index contributed by atoms with van der Waals surface area (Å²) in [5.41, 5.74) is -1.72. The van der Waals surface area contributed by atoms with Gasteiger partial charge in [-0.1, -0.05) is 0 Å². The zero-order valence-electron chi connectivity index (χ0n) is 14.8. The first-order valence-corrected chi connectivity index (χ1v) is 8.96. The van der Waals surface area contributed by atoms with Crippen LogP contribution in [0.1, 0.15) is 6.92 Å². The van der Waals surface area contributed by atoms with Crippen molar-refractivity contribution in [2.45, 2.75) is 24.6 Å². The van der Waals surface area contributed by atoms with E-state index in [1.807, 2.05) is 0 Å². The molecule has 1 saturated heterocycles. The molecule has 2 aliphatic heterocycles. The molecule has 2 aliphatic rings. The zero-order valence-corrected chi connectivity index (χ0v) is 15.6. The van der Waals surface area contributed by atoms with Gasteiger partial charge >= 0.3 is 11.9 Å². The van der Waals surface area contributed by atoms with Crippen molar-refractivity contribution in [3.8, 4) is 0 Å².